The summed E-state index contributed by atoms with van der Waals surface area (Å²) in [6, 6.07) is 5.16. The van der Waals surface area contributed by atoms with Gasteiger partial charge in [-0.05, 0) is 215 Å². The molecule has 2 saturated heterocycles. The number of allylic oxidation sites excluding steroid dienone is 22. The molecule has 0 aromatic heterocycles. The fourth-order valence-corrected chi connectivity index (χ4v) is 15.6. The lowest BCUT2D eigenvalue weighted by atomic mass is 9.86. The van der Waals surface area contributed by atoms with Crippen LogP contribution in [-0.4, -0.2) is 43.3 Å². The van der Waals surface area contributed by atoms with Gasteiger partial charge in [-0.1, -0.05) is 149 Å². The zero-order valence-electron chi connectivity index (χ0n) is 41.0. The quantitative estimate of drug-likeness (QED) is 0.0934. The van der Waals surface area contributed by atoms with E-state index in [1.165, 1.54) is 197 Å². The molecule has 4 nitrogen and oxygen atoms in total. The maximum absolute atomic E-state index is 13.6. The Morgan fingerprint density at radius 3 is 1.29 bits per heavy atom. The molecule has 68 heavy (non-hydrogen) atoms. The van der Waals surface area contributed by atoms with Gasteiger partial charge in [0.05, 0.1) is 9.81 Å². The maximum Gasteiger partial charge on any atom is 0.266 e. The Morgan fingerprint density at radius 1 is 0.500 bits per heavy atom. The number of carbonyl (C=O) groups excluding carboxylic acids is 2. The van der Waals surface area contributed by atoms with Gasteiger partial charge in [-0.3, -0.25) is 19.4 Å². The van der Waals surface area contributed by atoms with Gasteiger partial charge in [0.15, 0.2) is 0 Å². The molecule has 2 amide bonds. The summed E-state index contributed by atoms with van der Waals surface area (Å²) >= 11 is 14.4. The molecule has 0 atom stereocenters. The summed E-state index contributed by atoms with van der Waals surface area (Å²) in [5.74, 6) is 0.176. The Balaban J connectivity index is 0.771. The van der Waals surface area contributed by atoms with E-state index in [-0.39, 0.29) is 11.8 Å². The second kappa shape index (κ2) is 18.6. The summed E-state index contributed by atoms with van der Waals surface area (Å²) in [6.45, 7) is 15.2. The molecule has 2 heterocycles. The Labute approximate surface area is 424 Å². The molecule has 8 heteroatoms. The van der Waals surface area contributed by atoms with E-state index in [2.05, 4.69) is 78.0 Å². The molecule has 0 saturated carbocycles. The minimum absolute atomic E-state index is 0.0879. The number of hydrogen-bond acceptors (Lipinski definition) is 6. The molecule has 0 bridgehead atoms. The average molecular weight is 973 g/mol. The fourth-order valence-electron chi connectivity index (χ4n) is 12.9. The molecule has 11 rings (SSSR count). The van der Waals surface area contributed by atoms with E-state index in [9.17, 15) is 9.59 Å². The first kappa shape index (κ1) is 46.3. The number of rotatable bonds is 16. The highest BCUT2D eigenvalue weighted by Gasteiger charge is 2.45. The smallest absolute Gasteiger partial charge is 0.266 e. The second-order valence-electron chi connectivity index (χ2n) is 21.0. The lowest BCUT2D eigenvalue weighted by Gasteiger charge is -2.17. The second-order valence-corrected chi connectivity index (χ2v) is 24.4. The minimum atomic E-state index is 0.0879. The number of amides is 2. The summed E-state index contributed by atoms with van der Waals surface area (Å²) < 4.78 is 1.42. The van der Waals surface area contributed by atoms with Gasteiger partial charge in [-0.2, -0.15) is 0 Å². The molecule has 8 aliphatic carbocycles. The van der Waals surface area contributed by atoms with Crippen LogP contribution in [0, 0.1) is 0 Å². The molecule has 10 aliphatic rings. The van der Waals surface area contributed by atoms with E-state index in [0.717, 1.165) is 87.1 Å². The lowest BCUT2D eigenvalue weighted by Crippen LogP contribution is -2.29. The van der Waals surface area contributed by atoms with Crippen molar-refractivity contribution in [1.82, 2.24) is 9.80 Å². The number of hydrogen-bond donors (Lipinski definition) is 0. The molecule has 350 valence electrons. The summed E-state index contributed by atoms with van der Waals surface area (Å²) in [4.78, 5) is 32.4. The van der Waals surface area contributed by atoms with Gasteiger partial charge in [0.2, 0.25) is 0 Å². The van der Waals surface area contributed by atoms with Gasteiger partial charge in [0.1, 0.15) is 8.64 Å². The van der Waals surface area contributed by atoms with E-state index >= 15 is 0 Å². The van der Waals surface area contributed by atoms with Crippen molar-refractivity contribution in [1.29, 1.82) is 0 Å². The van der Waals surface area contributed by atoms with Crippen molar-refractivity contribution in [2.24, 2.45) is 0 Å². The first-order chi connectivity index (χ1) is 32.9. The van der Waals surface area contributed by atoms with Gasteiger partial charge >= 0.3 is 0 Å². The van der Waals surface area contributed by atoms with Crippen LogP contribution in [0.4, 0.5) is 0 Å². The van der Waals surface area contributed by atoms with Gasteiger partial charge < -0.3 is 0 Å². The van der Waals surface area contributed by atoms with Crippen LogP contribution in [-0.2, 0) is 9.59 Å². The van der Waals surface area contributed by atoms with Crippen molar-refractivity contribution in [3.63, 3.8) is 0 Å². The number of thioether (sulfide) groups is 2. The van der Waals surface area contributed by atoms with Crippen LogP contribution < -0.4 is 0 Å². The van der Waals surface area contributed by atoms with Crippen LogP contribution in [0.15, 0.2) is 124 Å². The minimum Gasteiger partial charge on any atom is -0.293 e. The average Bonchev–Trinajstić information content (AvgIpc) is 4.19. The molecule has 0 N–H and O–H groups in total. The predicted molar refractivity (Wildman–Crippen MR) is 296 cm³/mol. The van der Waals surface area contributed by atoms with E-state index in [1.807, 2.05) is 9.80 Å². The Bertz CT molecular complexity index is 2770. The number of unbranched alkanes of at least 4 members (excludes halogenated alkanes) is 10. The first-order valence-corrected chi connectivity index (χ1v) is 28.2. The number of nitrogens with zero attached hydrogens (tertiary/aromatic N) is 2. The van der Waals surface area contributed by atoms with E-state index in [0.29, 0.717) is 8.64 Å². The normalized spacial score (nSPS) is 22.2. The summed E-state index contributed by atoms with van der Waals surface area (Å²) in [7, 11) is 0. The molecular formula is C60H64N2O2S4. The lowest BCUT2D eigenvalue weighted by molar-refractivity contribution is -0.123. The molecular weight excluding hydrogens is 909 g/mol. The Hall–Kier alpha value is -4.08. The highest BCUT2D eigenvalue weighted by atomic mass is 32.2. The van der Waals surface area contributed by atoms with Crippen molar-refractivity contribution in [2.75, 3.05) is 13.1 Å². The molecule has 0 radical (unpaired) electrons. The van der Waals surface area contributed by atoms with Crippen molar-refractivity contribution in [2.45, 2.75) is 157 Å². The van der Waals surface area contributed by atoms with E-state index in [4.69, 9.17) is 24.4 Å². The molecule has 0 spiro atoms. The standard InChI is InChI=1S/C60H64N2O2S4/c1-7-9-11-13-15-17-19-61-57(63)51(67-59(61)65)25-35-21-37-27-45-41(39(37)23-35)29-49-43-31-48-44(32-47(43)53(33(3)4)55(45)49)50-30-42-40-24-36(22-38(40)28-46(42)56(50)54(48)34(5)6)26-52-58(64)62(60(66)68-52)20-18-16-14-12-10-8-2/h21-22,25-26,31-32H,7-20,23-24,27-30H2,1-6H3/b51-25+,52-26+. The van der Waals surface area contributed by atoms with Crippen LogP contribution in [0.2, 0.25) is 0 Å². The maximum atomic E-state index is 13.6. The third-order valence-corrected chi connectivity index (χ3v) is 18.8. The van der Waals surface area contributed by atoms with Crippen LogP contribution in [0.1, 0.15) is 179 Å². The van der Waals surface area contributed by atoms with Gasteiger partial charge in [-0.15, -0.1) is 0 Å². The van der Waals surface area contributed by atoms with Crippen LogP contribution in [0.5, 0.6) is 0 Å². The van der Waals surface area contributed by atoms with Gasteiger partial charge in [-0.25, -0.2) is 0 Å². The van der Waals surface area contributed by atoms with E-state index < -0.39 is 0 Å². The number of benzene rings is 1. The summed E-state index contributed by atoms with van der Waals surface area (Å²) in [5, 5.41) is 0. The third-order valence-electron chi connectivity index (χ3n) is 16.1. The number of fused-ring (bicyclic) bond motifs is 8. The number of carbonyl (C=O) groups is 2. The van der Waals surface area contributed by atoms with Crippen LogP contribution in [0.3, 0.4) is 0 Å². The highest BCUT2D eigenvalue weighted by Crippen LogP contribution is 2.64. The van der Waals surface area contributed by atoms with Crippen molar-refractivity contribution in [3.05, 3.63) is 147 Å². The molecule has 1 aromatic rings. The van der Waals surface area contributed by atoms with Crippen LogP contribution in [0.25, 0.3) is 22.3 Å². The van der Waals surface area contributed by atoms with Crippen molar-refractivity contribution < 1.29 is 9.59 Å². The fraction of sp³-hybridized carbons (Fsp3) is 0.433. The zero-order chi connectivity index (χ0) is 47.1. The van der Waals surface area contributed by atoms with E-state index in [1.54, 1.807) is 0 Å². The van der Waals surface area contributed by atoms with Crippen LogP contribution >= 0.6 is 48.0 Å². The van der Waals surface area contributed by atoms with Gasteiger partial charge in [0, 0.05) is 13.1 Å². The molecule has 2 fully saturated rings. The predicted octanol–water partition coefficient (Wildman–Crippen LogP) is 16.5. The monoisotopic (exact) mass is 972 g/mol. The Morgan fingerprint density at radius 2 is 0.897 bits per heavy atom. The number of thiocarbonyl (C=S) groups is 2. The van der Waals surface area contributed by atoms with Gasteiger partial charge in [0.25, 0.3) is 11.8 Å². The third kappa shape index (κ3) is 7.77. The zero-order valence-corrected chi connectivity index (χ0v) is 44.2. The van der Waals surface area contributed by atoms with Crippen molar-refractivity contribution in [3.8, 4) is 0 Å². The van der Waals surface area contributed by atoms with Crippen molar-refractivity contribution >= 4 is 90.7 Å². The molecule has 1 aromatic carbocycles. The molecule has 0 unspecified atom stereocenters. The topological polar surface area (TPSA) is 40.6 Å². The summed E-state index contributed by atoms with van der Waals surface area (Å²) in [5.41, 5.74) is 31.8. The summed E-state index contributed by atoms with van der Waals surface area (Å²) in [6.07, 6.45) is 29.1. The SMILES string of the molecule is CCCCCCCCN1C(=O)/C(=C\C2=CC3=C(C2)C2=C(C3)C3=C(C2)c2cc4c(cc2C3=C(C)C)C2=C(C3=C(C2)C2=C(C=C(/C=C5/SC(=S)N(CCCCCCCC)C5=O)C2)C3)C4=C(C)C)SC1=S. The largest absolute Gasteiger partial charge is 0.293 e. The highest BCUT2D eigenvalue weighted by molar-refractivity contribution is 8.27. The Kier molecular flexibility index (Phi) is 12.7. The first-order valence-electron chi connectivity index (χ1n) is 25.8. The molecule has 2 aliphatic heterocycles.